The summed E-state index contributed by atoms with van der Waals surface area (Å²) < 4.78 is 20.9. The minimum absolute atomic E-state index is 0.214. The number of carbonyl (C=O) groups excluding carboxylic acids is 1. The van der Waals surface area contributed by atoms with Gasteiger partial charge in [-0.1, -0.05) is 0 Å². The van der Waals surface area contributed by atoms with Gasteiger partial charge >= 0.3 is 0 Å². The Morgan fingerprint density at radius 2 is 2.20 bits per heavy atom. The maximum atomic E-state index is 13.8. The number of aromatic nitrogens is 3. The minimum atomic E-state index is -0.432. The number of amides is 1. The smallest absolute Gasteiger partial charge is 0.256 e. The second-order valence-electron chi connectivity index (χ2n) is 5.48. The van der Waals surface area contributed by atoms with Crippen LogP contribution in [0, 0.1) is 5.82 Å². The first-order valence-corrected chi connectivity index (χ1v) is 7.69. The number of rotatable bonds is 1. The van der Waals surface area contributed by atoms with Crippen LogP contribution in [-0.2, 0) is 0 Å². The molecule has 25 heavy (non-hydrogen) atoms. The van der Waals surface area contributed by atoms with Gasteiger partial charge in [0.25, 0.3) is 5.91 Å². The highest BCUT2D eigenvalue weighted by atomic mass is 19.1. The van der Waals surface area contributed by atoms with Gasteiger partial charge in [0.05, 0.1) is 12.7 Å². The average Bonchev–Trinajstić information content (AvgIpc) is 3.00. The Bertz CT molecular complexity index is 971. The Labute approximate surface area is 142 Å². The van der Waals surface area contributed by atoms with Crippen LogP contribution in [0.3, 0.4) is 0 Å². The zero-order valence-corrected chi connectivity index (χ0v) is 13.3. The lowest BCUT2D eigenvalue weighted by molar-refractivity contribution is 0.0948. The summed E-state index contributed by atoms with van der Waals surface area (Å²) in [5, 5.41) is 13.0. The highest BCUT2D eigenvalue weighted by molar-refractivity contribution is 6.00. The number of hydrogen-bond donors (Lipinski definition) is 3. The number of ether oxygens (including phenoxy) is 1. The fraction of sp³-hybridized carbons (Fsp3) is 0.188. The lowest BCUT2D eigenvalue weighted by Crippen LogP contribution is -2.28. The number of nitrogens with zero attached hydrogens (tertiary/aromatic N) is 3. The van der Waals surface area contributed by atoms with Gasteiger partial charge in [-0.2, -0.15) is 9.61 Å². The monoisotopic (exact) mass is 342 g/mol. The van der Waals surface area contributed by atoms with E-state index in [1.54, 1.807) is 19.2 Å². The van der Waals surface area contributed by atoms with E-state index in [0.29, 0.717) is 34.3 Å². The lowest BCUT2D eigenvalue weighted by Gasteiger charge is -2.11. The number of carbonyl (C=O) groups is 1. The minimum Gasteiger partial charge on any atom is -0.492 e. The maximum absolute atomic E-state index is 13.8. The van der Waals surface area contributed by atoms with Crippen molar-refractivity contribution in [3.8, 4) is 5.75 Å². The van der Waals surface area contributed by atoms with Gasteiger partial charge in [-0.25, -0.2) is 9.37 Å². The molecule has 0 aliphatic carbocycles. The Hall–Kier alpha value is -3.36. The molecule has 2 aromatic heterocycles. The number of hydrogen-bond acceptors (Lipinski definition) is 6. The van der Waals surface area contributed by atoms with Crippen LogP contribution in [0.25, 0.3) is 5.65 Å². The van der Waals surface area contributed by atoms with Gasteiger partial charge < -0.3 is 20.7 Å². The van der Waals surface area contributed by atoms with E-state index in [0.717, 1.165) is 0 Å². The number of benzene rings is 1. The van der Waals surface area contributed by atoms with Crippen LogP contribution in [0.5, 0.6) is 5.75 Å². The van der Waals surface area contributed by atoms with Crippen molar-refractivity contribution >= 4 is 28.9 Å². The molecule has 0 fully saturated rings. The van der Waals surface area contributed by atoms with Crippen LogP contribution in [-0.4, -0.2) is 40.7 Å². The molecule has 9 heteroatoms. The molecule has 4 bridgehead atoms. The number of halogens is 1. The molecule has 0 atom stereocenters. The topological polar surface area (TPSA) is 92.6 Å². The largest absolute Gasteiger partial charge is 0.492 e. The SMILES string of the molecule is CNc1cc2nc3c(cnn13)C(=O)NCCOc1cc(F)cc(c1)N2. The van der Waals surface area contributed by atoms with Crippen molar-refractivity contribution in [3.63, 3.8) is 0 Å². The van der Waals surface area contributed by atoms with E-state index in [-0.39, 0.29) is 19.1 Å². The molecule has 0 radical (unpaired) electrons. The first-order valence-electron chi connectivity index (χ1n) is 7.69. The second kappa shape index (κ2) is 5.93. The molecule has 1 aliphatic heterocycles. The molecule has 0 unspecified atom stereocenters. The van der Waals surface area contributed by atoms with E-state index in [9.17, 15) is 9.18 Å². The van der Waals surface area contributed by atoms with E-state index >= 15 is 0 Å². The maximum Gasteiger partial charge on any atom is 0.256 e. The summed E-state index contributed by atoms with van der Waals surface area (Å²) >= 11 is 0. The van der Waals surface area contributed by atoms with Gasteiger partial charge in [-0.3, -0.25) is 4.79 Å². The third-order valence-corrected chi connectivity index (χ3v) is 3.77. The molecular formula is C16H15FN6O2. The summed E-state index contributed by atoms with van der Waals surface area (Å²) in [5.41, 5.74) is 1.23. The first-order chi connectivity index (χ1) is 12.1. The zero-order valence-electron chi connectivity index (χ0n) is 13.3. The van der Waals surface area contributed by atoms with Gasteiger partial charge in [0.2, 0.25) is 0 Å². The lowest BCUT2D eigenvalue weighted by atomic mass is 10.3. The molecule has 128 valence electrons. The molecule has 3 N–H and O–H groups in total. The molecular weight excluding hydrogens is 327 g/mol. The third-order valence-electron chi connectivity index (χ3n) is 3.77. The van der Waals surface area contributed by atoms with Crippen LogP contribution < -0.4 is 20.7 Å². The van der Waals surface area contributed by atoms with Gasteiger partial charge in [0, 0.05) is 30.9 Å². The van der Waals surface area contributed by atoms with Crippen LogP contribution in [0.4, 0.5) is 21.7 Å². The van der Waals surface area contributed by atoms with Crippen LogP contribution >= 0.6 is 0 Å². The van der Waals surface area contributed by atoms with Gasteiger partial charge in [0.1, 0.15) is 35.4 Å². The number of anilines is 3. The van der Waals surface area contributed by atoms with Crippen LogP contribution in [0.15, 0.2) is 30.5 Å². The van der Waals surface area contributed by atoms with Crippen molar-refractivity contribution in [2.75, 3.05) is 30.8 Å². The second-order valence-corrected chi connectivity index (χ2v) is 5.48. The molecule has 1 aromatic carbocycles. The van der Waals surface area contributed by atoms with Crippen LogP contribution in [0.2, 0.25) is 0 Å². The standard InChI is InChI=1S/C16H15FN6O2/c1-18-14-7-13-21-10-4-9(17)5-11(6-10)25-3-2-19-16(24)12-8-20-23(14)15(12)22-13/h4-8,18H,2-3H2,1H3,(H,19,24)(H,21,22). The Morgan fingerprint density at radius 3 is 3.04 bits per heavy atom. The predicted molar refractivity (Wildman–Crippen MR) is 90.0 cm³/mol. The summed E-state index contributed by atoms with van der Waals surface area (Å²) in [6.07, 6.45) is 1.46. The highest BCUT2D eigenvalue weighted by Crippen LogP contribution is 2.25. The molecule has 3 aromatic rings. The van der Waals surface area contributed by atoms with Gasteiger partial charge in [-0.05, 0) is 6.07 Å². The van der Waals surface area contributed by atoms with Gasteiger partial charge in [-0.15, -0.1) is 0 Å². The van der Waals surface area contributed by atoms with Crippen molar-refractivity contribution in [1.29, 1.82) is 0 Å². The first kappa shape index (κ1) is 15.2. The average molecular weight is 342 g/mol. The van der Waals surface area contributed by atoms with Crippen molar-refractivity contribution in [2.24, 2.45) is 0 Å². The van der Waals surface area contributed by atoms with Crippen molar-refractivity contribution in [2.45, 2.75) is 0 Å². The van der Waals surface area contributed by atoms with Crippen LogP contribution in [0.1, 0.15) is 10.4 Å². The summed E-state index contributed by atoms with van der Waals surface area (Å²) in [4.78, 5) is 16.8. The Kier molecular flexibility index (Phi) is 3.60. The Balaban J connectivity index is 1.89. The molecule has 8 nitrogen and oxygen atoms in total. The fourth-order valence-corrected chi connectivity index (χ4v) is 2.66. The van der Waals surface area contributed by atoms with Gasteiger partial charge in [0.15, 0.2) is 5.65 Å². The van der Waals surface area contributed by atoms with Crippen molar-refractivity contribution in [3.05, 3.63) is 41.8 Å². The van der Waals surface area contributed by atoms with E-state index in [4.69, 9.17) is 4.74 Å². The molecule has 1 aliphatic rings. The normalized spacial score (nSPS) is 13.9. The highest BCUT2D eigenvalue weighted by Gasteiger charge is 2.17. The predicted octanol–water partition coefficient (Wildman–Crippen LogP) is 1.78. The van der Waals surface area contributed by atoms with Crippen molar-refractivity contribution in [1.82, 2.24) is 19.9 Å². The summed E-state index contributed by atoms with van der Waals surface area (Å²) in [7, 11) is 1.74. The molecule has 3 heterocycles. The molecule has 0 saturated heterocycles. The number of fused-ring (bicyclic) bond motifs is 3. The quantitative estimate of drug-likeness (QED) is 0.624. The summed E-state index contributed by atoms with van der Waals surface area (Å²) in [5.74, 6) is 0.715. The molecule has 0 saturated carbocycles. The van der Waals surface area contributed by atoms with Crippen molar-refractivity contribution < 1.29 is 13.9 Å². The number of nitrogens with one attached hydrogen (secondary N) is 3. The molecule has 0 spiro atoms. The molecule has 1 amide bonds. The summed E-state index contributed by atoms with van der Waals surface area (Å²) in [6, 6.07) is 6.02. The third kappa shape index (κ3) is 2.80. The fourth-order valence-electron chi connectivity index (χ4n) is 2.66. The molecule has 4 rings (SSSR count). The summed E-state index contributed by atoms with van der Waals surface area (Å²) in [6.45, 7) is 0.486. The Morgan fingerprint density at radius 1 is 1.32 bits per heavy atom. The van der Waals surface area contributed by atoms with E-state index in [1.807, 2.05) is 0 Å². The van der Waals surface area contributed by atoms with E-state index in [1.165, 1.54) is 22.8 Å². The zero-order chi connectivity index (χ0) is 17.4. The van der Waals surface area contributed by atoms with E-state index in [2.05, 4.69) is 26.0 Å². The van der Waals surface area contributed by atoms with E-state index < -0.39 is 5.82 Å².